The molecule has 160 valence electrons. The number of para-hydroxylation sites is 1. The highest BCUT2D eigenvalue weighted by atomic mass is 32.2. The van der Waals surface area contributed by atoms with E-state index in [4.69, 9.17) is 4.74 Å². The predicted octanol–water partition coefficient (Wildman–Crippen LogP) is 5.61. The van der Waals surface area contributed by atoms with Crippen LogP contribution in [-0.4, -0.2) is 26.8 Å². The molecule has 6 nitrogen and oxygen atoms in total. The third-order valence-electron chi connectivity index (χ3n) is 5.24. The molecule has 31 heavy (non-hydrogen) atoms. The molecule has 0 radical (unpaired) electrons. The molecule has 0 aliphatic carbocycles. The number of anilines is 1. The van der Waals surface area contributed by atoms with Gasteiger partial charge >= 0.3 is 0 Å². The molecule has 2 aromatic carbocycles. The van der Waals surface area contributed by atoms with E-state index in [-0.39, 0.29) is 5.91 Å². The van der Waals surface area contributed by atoms with Crippen LogP contribution in [-0.2, 0) is 4.79 Å². The summed E-state index contributed by atoms with van der Waals surface area (Å²) < 4.78 is 6.43. The molecule has 4 rings (SSSR count). The Bertz CT molecular complexity index is 1090. The number of hydrogen-bond acceptors (Lipinski definition) is 6. The minimum absolute atomic E-state index is 0.0330. The normalized spacial score (nSPS) is 15.1. The SMILES string of the molecule is CCSc1nnc2c(n1)O[C@@H](c1ccc(C(C)C)cc1)N(C(=O)CC)c1ccccc1-2. The lowest BCUT2D eigenvalue weighted by molar-refractivity contribution is -0.120. The summed E-state index contributed by atoms with van der Waals surface area (Å²) in [7, 11) is 0. The second-order valence-corrected chi connectivity index (χ2v) is 8.84. The van der Waals surface area contributed by atoms with Gasteiger partial charge in [-0.1, -0.05) is 81.9 Å². The van der Waals surface area contributed by atoms with Gasteiger partial charge in [-0.2, -0.15) is 4.98 Å². The first kappa shape index (κ1) is 21.3. The van der Waals surface area contributed by atoms with Crippen LogP contribution in [0.3, 0.4) is 0 Å². The topological polar surface area (TPSA) is 68.2 Å². The van der Waals surface area contributed by atoms with Gasteiger partial charge in [-0.05, 0) is 23.3 Å². The maximum absolute atomic E-state index is 13.1. The summed E-state index contributed by atoms with van der Waals surface area (Å²) in [5, 5.41) is 9.25. The van der Waals surface area contributed by atoms with Gasteiger partial charge in [-0.15, -0.1) is 10.2 Å². The Kier molecular flexibility index (Phi) is 6.23. The fourth-order valence-electron chi connectivity index (χ4n) is 3.61. The molecule has 0 saturated heterocycles. The molecule has 0 spiro atoms. The smallest absolute Gasteiger partial charge is 0.247 e. The number of benzene rings is 2. The average molecular weight is 435 g/mol. The highest BCUT2D eigenvalue weighted by Gasteiger charge is 2.35. The van der Waals surface area contributed by atoms with E-state index in [2.05, 4.69) is 41.2 Å². The molecule has 1 amide bonds. The van der Waals surface area contributed by atoms with Crippen LogP contribution in [0.25, 0.3) is 11.3 Å². The lowest BCUT2D eigenvalue weighted by Gasteiger charge is -2.30. The number of carbonyl (C=O) groups excluding carboxylic acids is 1. The van der Waals surface area contributed by atoms with Gasteiger partial charge in [0, 0.05) is 17.5 Å². The molecular weight excluding hydrogens is 408 g/mol. The first-order chi connectivity index (χ1) is 15.0. The molecule has 0 unspecified atom stereocenters. The highest BCUT2D eigenvalue weighted by Crippen LogP contribution is 2.43. The number of aromatic nitrogens is 3. The Balaban J connectivity index is 1.90. The molecule has 1 atom stereocenters. The van der Waals surface area contributed by atoms with E-state index in [1.165, 1.54) is 17.3 Å². The Morgan fingerprint density at radius 1 is 1.10 bits per heavy atom. The van der Waals surface area contributed by atoms with Gasteiger partial charge in [0.25, 0.3) is 0 Å². The van der Waals surface area contributed by atoms with Crippen molar-refractivity contribution in [3.05, 3.63) is 59.7 Å². The summed E-state index contributed by atoms with van der Waals surface area (Å²) in [5.74, 6) is 1.61. The van der Waals surface area contributed by atoms with Crippen molar-refractivity contribution in [2.24, 2.45) is 0 Å². The summed E-state index contributed by atoms with van der Waals surface area (Å²) >= 11 is 1.50. The van der Waals surface area contributed by atoms with E-state index >= 15 is 0 Å². The number of ether oxygens (including phenoxy) is 1. The van der Waals surface area contributed by atoms with Gasteiger partial charge in [0.05, 0.1) is 5.69 Å². The third kappa shape index (κ3) is 4.14. The lowest BCUT2D eigenvalue weighted by atomic mass is 10.0. The number of fused-ring (bicyclic) bond motifs is 3. The largest absolute Gasteiger partial charge is 0.447 e. The summed E-state index contributed by atoms with van der Waals surface area (Å²) in [6.45, 7) is 8.21. The minimum atomic E-state index is -0.646. The maximum Gasteiger partial charge on any atom is 0.247 e. The molecule has 1 aliphatic heterocycles. The van der Waals surface area contributed by atoms with Crippen molar-refractivity contribution in [2.75, 3.05) is 10.7 Å². The van der Waals surface area contributed by atoms with Gasteiger partial charge < -0.3 is 4.74 Å². The summed E-state index contributed by atoms with van der Waals surface area (Å²) in [6, 6.07) is 15.9. The molecule has 0 N–H and O–H groups in total. The van der Waals surface area contributed by atoms with Gasteiger partial charge in [-0.3, -0.25) is 9.69 Å². The molecule has 2 heterocycles. The van der Waals surface area contributed by atoms with Crippen molar-refractivity contribution >= 4 is 23.4 Å². The number of amides is 1. The van der Waals surface area contributed by atoms with Gasteiger partial charge in [0.1, 0.15) is 0 Å². The number of carbonyl (C=O) groups is 1. The fraction of sp³-hybridized carbons (Fsp3) is 0.333. The van der Waals surface area contributed by atoms with Crippen molar-refractivity contribution in [1.82, 2.24) is 15.2 Å². The molecule has 0 saturated carbocycles. The second-order valence-electron chi connectivity index (χ2n) is 7.61. The molecule has 1 aromatic heterocycles. The average Bonchev–Trinajstić information content (AvgIpc) is 2.93. The van der Waals surface area contributed by atoms with E-state index in [1.807, 2.05) is 50.2 Å². The highest BCUT2D eigenvalue weighted by molar-refractivity contribution is 7.99. The van der Waals surface area contributed by atoms with E-state index < -0.39 is 6.23 Å². The summed E-state index contributed by atoms with van der Waals surface area (Å²) in [5.41, 5.74) is 4.20. The van der Waals surface area contributed by atoms with Crippen molar-refractivity contribution in [2.45, 2.75) is 51.4 Å². The van der Waals surface area contributed by atoms with Gasteiger partial charge in [0.2, 0.25) is 23.2 Å². The van der Waals surface area contributed by atoms with Gasteiger partial charge in [-0.25, -0.2) is 0 Å². The molecule has 1 aliphatic rings. The Morgan fingerprint density at radius 2 is 1.84 bits per heavy atom. The van der Waals surface area contributed by atoms with E-state index in [0.717, 1.165) is 22.6 Å². The summed E-state index contributed by atoms with van der Waals surface area (Å²) in [4.78, 5) is 19.5. The van der Waals surface area contributed by atoms with Crippen LogP contribution in [0.4, 0.5) is 5.69 Å². The van der Waals surface area contributed by atoms with Crippen LogP contribution in [0.2, 0.25) is 0 Å². The predicted molar refractivity (Wildman–Crippen MR) is 123 cm³/mol. The monoisotopic (exact) mass is 434 g/mol. The Labute approximate surface area is 187 Å². The van der Waals surface area contributed by atoms with Crippen LogP contribution in [0, 0.1) is 0 Å². The van der Waals surface area contributed by atoms with Crippen molar-refractivity contribution < 1.29 is 9.53 Å². The zero-order valence-electron chi connectivity index (χ0n) is 18.2. The number of nitrogens with zero attached hydrogens (tertiary/aromatic N) is 4. The lowest BCUT2D eigenvalue weighted by Crippen LogP contribution is -2.37. The number of hydrogen-bond donors (Lipinski definition) is 0. The number of thioether (sulfide) groups is 1. The van der Waals surface area contributed by atoms with Crippen LogP contribution >= 0.6 is 11.8 Å². The van der Waals surface area contributed by atoms with E-state index in [0.29, 0.717) is 29.1 Å². The fourth-order valence-corrected chi connectivity index (χ4v) is 4.11. The van der Waals surface area contributed by atoms with Gasteiger partial charge in [0.15, 0.2) is 5.69 Å². The first-order valence-electron chi connectivity index (χ1n) is 10.6. The molecular formula is C24H26N4O2S. The molecule has 7 heteroatoms. The zero-order chi connectivity index (χ0) is 22.0. The summed E-state index contributed by atoms with van der Waals surface area (Å²) in [6.07, 6.45) is -0.294. The van der Waals surface area contributed by atoms with Crippen molar-refractivity contribution in [1.29, 1.82) is 0 Å². The Hall–Kier alpha value is -2.93. The zero-order valence-corrected chi connectivity index (χ0v) is 19.0. The minimum Gasteiger partial charge on any atom is -0.447 e. The van der Waals surface area contributed by atoms with Crippen LogP contribution in [0.1, 0.15) is 57.4 Å². The van der Waals surface area contributed by atoms with E-state index in [9.17, 15) is 4.79 Å². The Morgan fingerprint density at radius 3 is 2.52 bits per heavy atom. The van der Waals surface area contributed by atoms with E-state index in [1.54, 1.807) is 4.90 Å². The third-order valence-corrected chi connectivity index (χ3v) is 5.96. The standard InChI is InChI=1S/C24H26N4O2S/c1-5-20(29)28-19-10-8-7-9-18(19)21-22(25-24(27-26-21)31-6-2)30-23(28)17-13-11-16(12-14-17)15(3)4/h7-15,23H,5-6H2,1-4H3/t23-/m0/s1. The quantitative estimate of drug-likeness (QED) is 0.486. The van der Waals surface area contributed by atoms with Crippen molar-refractivity contribution in [3.63, 3.8) is 0 Å². The van der Waals surface area contributed by atoms with Crippen molar-refractivity contribution in [3.8, 4) is 17.1 Å². The maximum atomic E-state index is 13.1. The second kappa shape index (κ2) is 9.06. The molecule has 0 fully saturated rings. The van der Waals surface area contributed by atoms with Crippen LogP contribution in [0.5, 0.6) is 5.88 Å². The molecule has 3 aromatic rings. The van der Waals surface area contributed by atoms with Crippen LogP contribution < -0.4 is 9.64 Å². The number of rotatable bonds is 5. The first-order valence-corrected chi connectivity index (χ1v) is 11.6. The van der Waals surface area contributed by atoms with Crippen LogP contribution in [0.15, 0.2) is 53.7 Å². The molecule has 0 bridgehead atoms.